The molecule has 0 radical (unpaired) electrons. The van der Waals surface area contributed by atoms with Gasteiger partial charge in [-0.05, 0) is 37.1 Å². The van der Waals surface area contributed by atoms with Crippen molar-refractivity contribution >= 4 is 5.91 Å². The van der Waals surface area contributed by atoms with Gasteiger partial charge in [0.1, 0.15) is 11.6 Å². The second-order valence-corrected chi connectivity index (χ2v) is 8.24. The highest BCUT2D eigenvalue weighted by molar-refractivity contribution is 5.76. The van der Waals surface area contributed by atoms with Crippen molar-refractivity contribution in [2.45, 2.75) is 31.6 Å². The first-order valence-electron chi connectivity index (χ1n) is 11.1. The van der Waals surface area contributed by atoms with Gasteiger partial charge in [-0.15, -0.1) is 0 Å². The maximum Gasteiger partial charge on any atom is 0.231 e. The van der Waals surface area contributed by atoms with Crippen molar-refractivity contribution in [2.24, 2.45) is 0 Å². The fraction of sp³-hybridized carbons (Fsp3) is 0.280. The van der Waals surface area contributed by atoms with Gasteiger partial charge in [0.2, 0.25) is 17.6 Å². The first-order chi connectivity index (χ1) is 16.6. The zero-order valence-corrected chi connectivity index (χ0v) is 18.3. The molecule has 0 bridgehead atoms. The third kappa shape index (κ3) is 4.73. The van der Waals surface area contributed by atoms with Crippen LogP contribution in [0.15, 0.2) is 63.7 Å². The molecule has 1 aliphatic heterocycles. The van der Waals surface area contributed by atoms with E-state index in [1.807, 2.05) is 0 Å². The van der Waals surface area contributed by atoms with E-state index >= 15 is 0 Å². The fourth-order valence-corrected chi connectivity index (χ4v) is 4.13. The molecule has 5 rings (SSSR count). The van der Waals surface area contributed by atoms with Crippen LogP contribution in [0.3, 0.4) is 0 Å². The van der Waals surface area contributed by atoms with E-state index in [-0.39, 0.29) is 29.9 Å². The van der Waals surface area contributed by atoms with E-state index in [1.54, 1.807) is 35.2 Å². The lowest BCUT2D eigenvalue weighted by molar-refractivity contribution is -0.132. The molecule has 7 nitrogen and oxygen atoms in total. The number of piperidine rings is 1. The SMILES string of the molecule is O=C(CCc1ncc(-c2ccccc2F)o1)N1CCCC(c2nc(-c3cccc(F)c3)no2)C1. The predicted octanol–water partition coefficient (Wildman–Crippen LogP) is 5.01. The summed E-state index contributed by atoms with van der Waals surface area (Å²) in [6, 6.07) is 12.3. The number of aromatic nitrogens is 3. The van der Waals surface area contributed by atoms with Gasteiger partial charge in [0.25, 0.3) is 0 Å². The molecule has 0 saturated carbocycles. The van der Waals surface area contributed by atoms with Crippen LogP contribution in [-0.4, -0.2) is 39.0 Å². The van der Waals surface area contributed by atoms with Crippen molar-refractivity contribution in [3.63, 3.8) is 0 Å². The number of carbonyl (C=O) groups is 1. The fourth-order valence-electron chi connectivity index (χ4n) is 4.13. The summed E-state index contributed by atoms with van der Waals surface area (Å²) in [6.07, 6.45) is 3.65. The maximum atomic E-state index is 14.0. The molecular weight excluding hydrogens is 442 g/mol. The Hall–Kier alpha value is -3.88. The van der Waals surface area contributed by atoms with Crippen LogP contribution in [0, 0.1) is 11.6 Å². The van der Waals surface area contributed by atoms with Gasteiger partial charge in [-0.3, -0.25) is 4.79 Å². The predicted molar refractivity (Wildman–Crippen MR) is 118 cm³/mol. The summed E-state index contributed by atoms with van der Waals surface area (Å²) >= 11 is 0. The lowest BCUT2D eigenvalue weighted by Gasteiger charge is -2.31. The molecule has 9 heteroatoms. The van der Waals surface area contributed by atoms with Crippen molar-refractivity contribution in [2.75, 3.05) is 13.1 Å². The number of hydrogen-bond acceptors (Lipinski definition) is 6. The molecule has 2 aromatic carbocycles. The summed E-state index contributed by atoms with van der Waals surface area (Å²) in [5, 5.41) is 3.98. The lowest BCUT2D eigenvalue weighted by atomic mass is 9.97. The average molecular weight is 464 g/mol. The van der Waals surface area contributed by atoms with Crippen LogP contribution < -0.4 is 0 Å². The van der Waals surface area contributed by atoms with Gasteiger partial charge in [-0.1, -0.05) is 29.4 Å². The summed E-state index contributed by atoms with van der Waals surface area (Å²) in [7, 11) is 0. The van der Waals surface area contributed by atoms with E-state index in [0.29, 0.717) is 54.0 Å². The molecule has 0 spiro atoms. The molecule has 1 atom stereocenters. The summed E-state index contributed by atoms with van der Waals surface area (Å²) in [4.78, 5) is 23.2. The number of nitrogens with zero attached hydrogens (tertiary/aromatic N) is 4. The number of hydrogen-bond donors (Lipinski definition) is 0. The Morgan fingerprint density at radius 1 is 1.15 bits per heavy atom. The van der Waals surface area contributed by atoms with Crippen LogP contribution in [-0.2, 0) is 11.2 Å². The number of likely N-dealkylation sites (tertiary alicyclic amines) is 1. The zero-order chi connectivity index (χ0) is 23.5. The Morgan fingerprint density at radius 2 is 2.03 bits per heavy atom. The summed E-state index contributed by atoms with van der Waals surface area (Å²) in [5.41, 5.74) is 0.878. The van der Waals surface area contributed by atoms with Crippen LogP contribution in [0.1, 0.15) is 37.0 Å². The first kappa shape index (κ1) is 21.9. The van der Waals surface area contributed by atoms with E-state index in [1.165, 1.54) is 24.4 Å². The largest absolute Gasteiger partial charge is 0.441 e. The molecule has 0 N–H and O–H groups in total. The Balaban J connectivity index is 1.19. The van der Waals surface area contributed by atoms with Crippen molar-refractivity contribution in [1.29, 1.82) is 0 Å². The molecule has 3 heterocycles. The van der Waals surface area contributed by atoms with Gasteiger partial charge < -0.3 is 13.8 Å². The number of benzene rings is 2. The van der Waals surface area contributed by atoms with Gasteiger partial charge in [-0.2, -0.15) is 4.98 Å². The molecule has 174 valence electrons. The third-order valence-electron chi connectivity index (χ3n) is 5.89. The normalized spacial score (nSPS) is 16.1. The van der Waals surface area contributed by atoms with E-state index in [4.69, 9.17) is 8.94 Å². The van der Waals surface area contributed by atoms with Gasteiger partial charge in [0.05, 0.1) is 17.7 Å². The van der Waals surface area contributed by atoms with E-state index in [0.717, 1.165) is 12.8 Å². The standard InChI is InChI=1S/C25H22F2N4O3/c26-18-7-3-5-16(13-18)24-29-25(34-30-24)17-6-4-12-31(15-17)23(32)11-10-22-28-14-21(33-22)19-8-1-2-9-20(19)27/h1-3,5,7-9,13-14,17H,4,6,10-12,15H2. The molecule has 34 heavy (non-hydrogen) atoms. The second-order valence-electron chi connectivity index (χ2n) is 8.24. The Morgan fingerprint density at radius 3 is 2.88 bits per heavy atom. The van der Waals surface area contributed by atoms with Gasteiger partial charge in [0.15, 0.2) is 11.7 Å². The molecule has 4 aromatic rings. The van der Waals surface area contributed by atoms with Gasteiger partial charge >= 0.3 is 0 Å². The third-order valence-corrected chi connectivity index (χ3v) is 5.89. The smallest absolute Gasteiger partial charge is 0.231 e. The quantitative estimate of drug-likeness (QED) is 0.399. The van der Waals surface area contributed by atoms with Crippen molar-refractivity contribution in [1.82, 2.24) is 20.0 Å². The molecule has 1 fully saturated rings. The molecule has 1 amide bonds. The summed E-state index contributed by atoms with van der Waals surface area (Å²) in [5.74, 6) is 0.627. The highest BCUT2D eigenvalue weighted by Crippen LogP contribution is 2.28. The minimum Gasteiger partial charge on any atom is -0.441 e. The number of carbonyl (C=O) groups excluding carboxylic acids is 1. The second kappa shape index (κ2) is 9.54. The minimum atomic E-state index is -0.387. The Bertz CT molecular complexity index is 1300. The van der Waals surface area contributed by atoms with Crippen LogP contribution in [0.5, 0.6) is 0 Å². The minimum absolute atomic E-state index is 0.0276. The van der Waals surface area contributed by atoms with Crippen LogP contribution in [0.25, 0.3) is 22.7 Å². The van der Waals surface area contributed by atoms with Crippen LogP contribution in [0.4, 0.5) is 8.78 Å². The van der Waals surface area contributed by atoms with Crippen LogP contribution >= 0.6 is 0 Å². The highest BCUT2D eigenvalue weighted by atomic mass is 19.1. The Kier molecular flexibility index (Phi) is 6.16. The zero-order valence-electron chi connectivity index (χ0n) is 18.3. The van der Waals surface area contributed by atoms with Crippen LogP contribution in [0.2, 0.25) is 0 Å². The molecule has 1 aliphatic rings. The number of halogens is 2. The van der Waals surface area contributed by atoms with Crippen molar-refractivity contribution in [3.05, 3.63) is 78.1 Å². The van der Waals surface area contributed by atoms with E-state index in [9.17, 15) is 13.6 Å². The molecule has 1 unspecified atom stereocenters. The van der Waals surface area contributed by atoms with Crippen molar-refractivity contribution < 1.29 is 22.5 Å². The summed E-state index contributed by atoms with van der Waals surface area (Å²) in [6.45, 7) is 1.11. The van der Waals surface area contributed by atoms with Gasteiger partial charge in [0, 0.05) is 31.5 Å². The summed E-state index contributed by atoms with van der Waals surface area (Å²) < 4.78 is 38.5. The van der Waals surface area contributed by atoms with Gasteiger partial charge in [-0.25, -0.2) is 13.8 Å². The average Bonchev–Trinajstić information content (AvgIpc) is 3.53. The number of rotatable bonds is 6. The highest BCUT2D eigenvalue weighted by Gasteiger charge is 2.29. The Labute approximate surface area is 194 Å². The molecule has 2 aromatic heterocycles. The molecule has 0 aliphatic carbocycles. The number of aryl methyl sites for hydroxylation is 1. The molecular formula is C25H22F2N4O3. The number of amides is 1. The maximum absolute atomic E-state index is 14.0. The van der Waals surface area contributed by atoms with Crippen molar-refractivity contribution in [3.8, 4) is 22.7 Å². The lowest BCUT2D eigenvalue weighted by Crippen LogP contribution is -2.39. The monoisotopic (exact) mass is 464 g/mol. The number of oxazole rings is 1. The topological polar surface area (TPSA) is 85.3 Å². The molecule has 1 saturated heterocycles. The van der Waals surface area contributed by atoms with E-state index < -0.39 is 0 Å². The first-order valence-corrected chi connectivity index (χ1v) is 11.1. The van der Waals surface area contributed by atoms with E-state index in [2.05, 4.69) is 15.1 Å².